The minimum Gasteiger partial charge on any atom is -0.458 e. The highest BCUT2D eigenvalue weighted by molar-refractivity contribution is 5.94. The molecule has 1 aromatic carbocycles. The molecule has 0 radical (unpaired) electrons. The van der Waals surface area contributed by atoms with E-state index >= 15 is 0 Å². The van der Waals surface area contributed by atoms with Gasteiger partial charge in [0.2, 0.25) is 5.91 Å². The van der Waals surface area contributed by atoms with Crippen LogP contribution in [0.15, 0.2) is 16.9 Å². The lowest BCUT2D eigenvalue weighted by molar-refractivity contribution is -0.172. The minimum atomic E-state index is -1.93. The van der Waals surface area contributed by atoms with Crippen LogP contribution in [0.2, 0.25) is 0 Å². The molecule has 1 amide bonds. The van der Waals surface area contributed by atoms with Crippen LogP contribution in [0.1, 0.15) is 85.4 Å². The molecule has 198 valence electrons. The number of amides is 1. The number of fused-ring (bicyclic) bond motifs is 5. The SMILES string of the molecule is CCCCC(=O)N[C@H]1CCc2c(C)c(F)cc3nc4c(c1c23)Cn1c-4cc2c(c1=O)COC(=O)[C@]2(O)CC. The fraction of sp³-hybridized carbons (Fsp3) is 0.448. The molecule has 2 aromatic heterocycles. The molecule has 1 aliphatic carbocycles. The molecule has 38 heavy (non-hydrogen) atoms. The number of nitrogens with one attached hydrogen (secondary N) is 1. The van der Waals surface area contributed by atoms with Crippen LogP contribution >= 0.6 is 0 Å². The van der Waals surface area contributed by atoms with Crippen molar-refractivity contribution >= 4 is 22.8 Å². The van der Waals surface area contributed by atoms with E-state index in [-0.39, 0.29) is 54.0 Å². The van der Waals surface area contributed by atoms with Gasteiger partial charge in [0, 0.05) is 29.0 Å². The highest BCUT2D eigenvalue weighted by Gasteiger charge is 2.46. The number of aromatic nitrogens is 2. The molecule has 0 saturated heterocycles. The molecule has 0 saturated carbocycles. The van der Waals surface area contributed by atoms with Crippen molar-refractivity contribution < 1.29 is 23.8 Å². The second-order valence-electron chi connectivity index (χ2n) is 10.6. The predicted octanol–water partition coefficient (Wildman–Crippen LogP) is 3.82. The van der Waals surface area contributed by atoms with Crippen LogP contribution in [-0.4, -0.2) is 26.5 Å². The summed E-state index contributed by atoms with van der Waals surface area (Å²) in [5.41, 5.74) is 2.77. The van der Waals surface area contributed by atoms with Crippen LogP contribution in [0.25, 0.3) is 22.3 Å². The molecule has 3 aromatic rings. The van der Waals surface area contributed by atoms with E-state index in [0.29, 0.717) is 41.7 Å². The smallest absolute Gasteiger partial charge is 0.343 e. The standard InChI is InChI=1S/C29H30FN3O5/c1-4-6-7-23(34)31-20-9-8-15-14(3)19(30)11-21-24(15)25(20)16-12-33-22(26(16)32-21)10-18-17(27(33)35)13-38-28(36)29(18,37)5-2/h10-11,20,37H,4-9,12-13H2,1-3H3,(H,31,34)/t20-,29-/m0/s1. The van der Waals surface area contributed by atoms with Crippen LogP contribution in [0.3, 0.4) is 0 Å². The van der Waals surface area contributed by atoms with E-state index in [1.165, 1.54) is 6.07 Å². The third-order valence-corrected chi connectivity index (χ3v) is 8.47. The molecule has 9 heteroatoms. The summed E-state index contributed by atoms with van der Waals surface area (Å²) in [6, 6.07) is 2.77. The first kappa shape index (κ1) is 24.7. The molecular formula is C29H30FN3O5. The fourth-order valence-corrected chi connectivity index (χ4v) is 6.30. The zero-order valence-electron chi connectivity index (χ0n) is 21.7. The maximum atomic E-state index is 15.0. The molecule has 2 aliphatic heterocycles. The minimum absolute atomic E-state index is 0.0374. The summed E-state index contributed by atoms with van der Waals surface area (Å²) < 4.78 is 21.7. The van der Waals surface area contributed by atoms with Gasteiger partial charge in [-0.3, -0.25) is 9.59 Å². The average Bonchev–Trinajstić information content (AvgIpc) is 3.27. The number of benzene rings is 1. The van der Waals surface area contributed by atoms with Crippen molar-refractivity contribution in [3.05, 3.63) is 61.7 Å². The van der Waals surface area contributed by atoms with Gasteiger partial charge in [-0.1, -0.05) is 20.3 Å². The van der Waals surface area contributed by atoms with Gasteiger partial charge in [0.25, 0.3) is 5.56 Å². The Kier molecular flexibility index (Phi) is 5.68. The molecule has 0 spiro atoms. The number of rotatable bonds is 5. The highest BCUT2D eigenvalue weighted by Crippen LogP contribution is 2.45. The summed E-state index contributed by atoms with van der Waals surface area (Å²) in [7, 11) is 0. The topological polar surface area (TPSA) is 111 Å². The molecule has 0 unspecified atom stereocenters. The number of unbranched alkanes of at least 4 members (excludes halogenated alkanes) is 1. The average molecular weight is 520 g/mol. The number of hydrogen-bond donors (Lipinski definition) is 2. The molecule has 8 nitrogen and oxygen atoms in total. The quantitative estimate of drug-likeness (QED) is 0.388. The van der Waals surface area contributed by atoms with Crippen molar-refractivity contribution in [3.63, 3.8) is 0 Å². The number of cyclic esters (lactones) is 1. The number of ether oxygens (including phenoxy) is 1. The Morgan fingerprint density at radius 1 is 1.26 bits per heavy atom. The summed E-state index contributed by atoms with van der Waals surface area (Å²) in [6.45, 7) is 5.47. The fourth-order valence-electron chi connectivity index (χ4n) is 6.30. The van der Waals surface area contributed by atoms with E-state index < -0.39 is 11.6 Å². The van der Waals surface area contributed by atoms with Gasteiger partial charge in [0.05, 0.1) is 35.1 Å². The molecule has 6 rings (SSSR count). The van der Waals surface area contributed by atoms with Gasteiger partial charge >= 0.3 is 5.97 Å². The van der Waals surface area contributed by atoms with Crippen LogP contribution in [0.4, 0.5) is 4.39 Å². The Bertz CT molecular complexity index is 1610. The molecule has 2 N–H and O–H groups in total. The molecule has 2 atom stereocenters. The van der Waals surface area contributed by atoms with Gasteiger partial charge in [0.15, 0.2) is 5.60 Å². The first-order valence-corrected chi connectivity index (χ1v) is 13.3. The zero-order chi connectivity index (χ0) is 26.9. The number of carbonyl (C=O) groups excluding carboxylic acids is 2. The van der Waals surface area contributed by atoms with Gasteiger partial charge < -0.3 is 19.7 Å². The van der Waals surface area contributed by atoms with Crippen molar-refractivity contribution in [1.82, 2.24) is 14.9 Å². The van der Waals surface area contributed by atoms with E-state index in [2.05, 4.69) is 5.32 Å². The first-order chi connectivity index (χ1) is 18.2. The van der Waals surface area contributed by atoms with Crippen LogP contribution in [0.5, 0.6) is 0 Å². The Hall–Kier alpha value is -3.59. The summed E-state index contributed by atoms with van der Waals surface area (Å²) in [6.07, 6.45) is 3.39. The van der Waals surface area contributed by atoms with Crippen molar-refractivity contribution in [2.45, 2.75) is 84.1 Å². The zero-order valence-corrected chi connectivity index (χ0v) is 21.7. The second kappa shape index (κ2) is 8.73. The summed E-state index contributed by atoms with van der Waals surface area (Å²) >= 11 is 0. The van der Waals surface area contributed by atoms with Gasteiger partial charge in [-0.15, -0.1) is 0 Å². The van der Waals surface area contributed by atoms with Crippen molar-refractivity contribution in [2.75, 3.05) is 0 Å². The van der Waals surface area contributed by atoms with E-state index in [9.17, 15) is 23.9 Å². The van der Waals surface area contributed by atoms with Crippen molar-refractivity contribution in [1.29, 1.82) is 0 Å². The van der Waals surface area contributed by atoms with Crippen molar-refractivity contribution in [2.24, 2.45) is 0 Å². The molecule has 0 bridgehead atoms. The van der Waals surface area contributed by atoms with E-state index in [0.717, 1.165) is 34.9 Å². The lowest BCUT2D eigenvalue weighted by Crippen LogP contribution is -2.44. The lowest BCUT2D eigenvalue weighted by Gasteiger charge is -2.31. The number of pyridine rings is 2. The molecule has 3 aliphatic rings. The maximum absolute atomic E-state index is 15.0. The predicted molar refractivity (Wildman–Crippen MR) is 138 cm³/mol. The third kappa shape index (κ3) is 3.37. The largest absolute Gasteiger partial charge is 0.458 e. The summed E-state index contributed by atoms with van der Waals surface area (Å²) in [5.74, 6) is -1.17. The monoisotopic (exact) mass is 519 g/mol. The summed E-state index contributed by atoms with van der Waals surface area (Å²) in [5, 5.41) is 15.2. The normalized spacial score (nSPS) is 21.1. The molecule has 4 heterocycles. The van der Waals surface area contributed by atoms with Gasteiger partial charge in [-0.2, -0.15) is 0 Å². The van der Waals surface area contributed by atoms with Gasteiger partial charge in [-0.05, 0) is 55.4 Å². The molecule has 0 fully saturated rings. The van der Waals surface area contributed by atoms with E-state index in [4.69, 9.17) is 9.72 Å². The maximum Gasteiger partial charge on any atom is 0.343 e. The molecular weight excluding hydrogens is 489 g/mol. The second-order valence-corrected chi connectivity index (χ2v) is 10.6. The third-order valence-electron chi connectivity index (χ3n) is 8.47. The Morgan fingerprint density at radius 3 is 2.79 bits per heavy atom. The van der Waals surface area contributed by atoms with Crippen LogP contribution < -0.4 is 10.9 Å². The van der Waals surface area contributed by atoms with Crippen molar-refractivity contribution in [3.8, 4) is 11.4 Å². The number of carbonyl (C=O) groups is 2. The Labute approximate surface area is 218 Å². The number of aryl methyl sites for hydroxylation is 1. The number of esters is 1. The Balaban J connectivity index is 1.60. The van der Waals surface area contributed by atoms with Gasteiger partial charge in [-0.25, -0.2) is 14.2 Å². The van der Waals surface area contributed by atoms with Crippen LogP contribution in [0, 0.1) is 12.7 Å². The number of aliphatic hydroxyl groups is 1. The van der Waals surface area contributed by atoms with Crippen LogP contribution in [-0.2, 0) is 39.5 Å². The van der Waals surface area contributed by atoms with E-state index in [1.54, 1.807) is 24.5 Å². The van der Waals surface area contributed by atoms with Gasteiger partial charge in [0.1, 0.15) is 12.4 Å². The lowest BCUT2D eigenvalue weighted by atomic mass is 9.81. The Morgan fingerprint density at radius 2 is 2.05 bits per heavy atom. The highest BCUT2D eigenvalue weighted by atomic mass is 19.1. The summed E-state index contributed by atoms with van der Waals surface area (Å²) in [4.78, 5) is 43.8. The first-order valence-electron chi connectivity index (χ1n) is 13.3. The number of halogens is 1. The van der Waals surface area contributed by atoms with E-state index in [1.807, 2.05) is 6.92 Å². The number of nitrogens with zero attached hydrogens (tertiary/aromatic N) is 2. The number of hydrogen-bond acceptors (Lipinski definition) is 6.